The van der Waals surface area contributed by atoms with Gasteiger partial charge in [0.1, 0.15) is 5.75 Å². The second-order valence-corrected chi connectivity index (χ2v) is 6.19. The summed E-state index contributed by atoms with van der Waals surface area (Å²) in [7, 11) is 3.78. The highest BCUT2D eigenvalue weighted by Gasteiger charge is 2.25. The van der Waals surface area contributed by atoms with Crippen molar-refractivity contribution in [2.24, 2.45) is 5.92 Å². The Hall–Kier alpha value is -0.730. The standard InChI is InChI=1S/C17H26ClNO/c1-19-17(13-8-6-4-3-5-7-9-13)15-12-14(18)10-11-16(15)20-2/h10-13,17,19H,3-9H2,1-2H3. The van der Waals surface area contributed by atoms with E-state index in [0.29, 0.717) is 12.0 Å². The number of methoxy groups -OCH3 is 1. The van der Waals surface area contributed by atoms with Crippen molar-refractivity contribution in [3.8, 4) is 5.75 Å². The number of benzene rings is 1. The first-order valence-corrected chi connectivity index (χ1v) is 8.14. The van der Waals surface area contributed by atoms with E-state index in [1.807, 2.05) is 19.2 Å². The lowest BCUT2D eigenvalue weighted by Crippen LogP contribution is -2.26. The molecule has 1 aliphatic carbocycles. The summed E-state index contributed by atoms with van der Waals surface area (Å²) in [5.41, 5.74) is 1.20. The van der Waals surface area contributed by atoms with Crippen molar-refractivity contribution in [1.82, 2.24) is 5.32 Å². The second kappa shape index (κ2) is 7.90. The predicted molar refractivity (Wildman–Crippen MR) is 85.6 cm³/mol. The maximum absolute atomic E-state index is 6.19. The van der Waals surface area contributed by atoms with Gasteiger partial charge in [-0.05, 0) is 44.0 Å². The minimum atomic E-state index is 0.335. The Kier molecular flexibility index (Phi) is 6.18. The van der Waals surface area contributed by atoms with E-state index in [2.05, 4.69) is 11.4 Å². The Morgan fingerprint density at radius 3 is 2.40 bits per heavy atom. The quantitative estimate of drug-likeness (QED) is 0.847. The number of nitrogens with one attached hydrogen (secondary N) is 1. The van der Waals surface area contributed by atoms with Crippen LogP contribution in [0.1, 0.15) is 56.6 Å². The van der Waals surface area contributed by atoms with Crippen molar-refractivity contribution in [2.45, 2.75) is 51.0 Å². The molecule has 0 radical (unpaired) electrons. The maximum Gasteiger partial charge on any atom is 0.123 e. The van der Waals surface area contributed by atoms with E-state index in [4.69, 9.17) is 16.3 Å². The number of hydrogen-bond donors (Lipinski definition) is 1. The van der Waals surface area contributed by atoms with Gasteiger partial charge < -0.3 is 10.1 Å². The van der Waals surface area contributed by atoms with E-state index in [9.17, 15) is 0 Å². The van der Waals surface area contributed by atoms with Crippen LogP contribution in [0.25, 0.3) is 0 Å². The molecule has 0 spiro atoms. The SMILES string of the molecule is CNC(c1cc(Cl)ccc1OC)C1CCCCCCC1. The Morgan fingerprint density at radius 2 is 1.80 bits per heavy atom. The minimum absolute atomic E-state index is 0.335. The summed E-state index contributed by atoms with van der Waals surface area (Å²) in [5, 5.41) is 4.28. The molecule has 1 atom stereocenters. The number of hydrogen-bond acceptors (Lipinski definition) is 2. The lowest BCUT2D eigenvalue weighted by atomic mass is 9.82. The normalized spacial score (nSPS) is 19.1. The molecular weight excluding hydrogens is 270 g/mol. The summed E-state index contributed by atoms with van der Waals surface area (Å²) in [6.07, 6.45) is 9.41. The maximum atomic E-state index is 6.19. The molecule has 20 heavy (non-hydrogen) atoms. The summed E-state index contributed by atoms with van der Waals surface area (Å²) in [4.78, 5) is 0. The third-order valence-corrected chi connectivity index (χ3v) is 4.69. The zero-order valence-electron chi connectivity index (χ0n) is 12.6. The van der Waals surface area contributed by atoms with Crippen LogP contribution in [-0.4, -0.2) is 14.2 Å². The first-order valence-electron chi connectivity index (χ1n) is 7.77. The van der Waals surface area contributed by atoms with E-state index < -0.39 is 0 Å². The Bertz CT molecular complexity index is 413. The highest BCUT2D eigenvalue weighted by molar-refractivity contribution is 6.30. The molecule has 112 valence electrons. The molecule has 0 aliphatic heterocycles. The average Bonchev–Trinajstić information content (AvgIpc) is 2.42. The number of ether oxygens (including phenoxy) is 1. The molecule has 1 aromatic rings. The molecule has 1 aliphatic rings. The highest BCUT2D eigenvalue weighted by Crippen LogP contribution is 2.37. The molecule has 0 amide bonds. The summed E-state index contributed by atoms with van der Waals surface area (Å²) >= 11 is 6.19. The van der Waals surface area contributed by atoms with Crippen LogP contribution in [0.2, 0.25) is 5.02 Å². The van der Waals surface area contributed by atoms with Crippen LogP contribution in [-0.2, 0) is 0 Å². The average molecular weight is 296 g/mol. The molecule has 0 heterocycles. The largest absolute Gasteiger partial charge is 0.496 e. The highest BCUT2D eigenvalue weighted by atomic mass is 35.5. The Labute approximate surface area is 127 Å². The fourth-order valence-corrected chi connectivity index (χ4v) is 3.59. The van der Waals surface area contributed by atoms with Crippen molar-refractivity contribution >= 4 is 11.6 Å². The molecular formula is C17H26ClNO. The van der Waals surface area contributed by atoms with Gasteiger partial charge in [0.15, 0.2) is 0 Å². The molecule has 1 unspecified atom stereocenters. The minimum Gasteiger partial charge on any atom is -0.496 e. The van der Waals surface area contributed by atoms with Crippen molar-refractivity contribution in [1.29, 1.82) is 0 Å². The monoisotopic (exact) mass is 295 g/mol. The van der Waals surface area contributed by atoms with Gasteiger partial charge in [0, 0.05) is 16.6 Å². The Balaban J connectivity index is 2.23. The van der Waals surface area contributed by atoms with Crippen LogP contribution in [0.4, 0.5) is 0 Å². The van der Waals surface area contributed by atoms with E-state index in [1.165, 1.54) is 50.5 Å². The van der Waals surface area contributed by atoms with Gasteiger partial charge in [0.25, 0.3) is 0 Å². The Morgan fingerprint density at radius 1 is 1.15 bits per heavy atom. The van der Waals surface area contributed by atoms with E-state index in [-0.39, 0.29) is 0 Å². The molecule has 1 aromatic carbocycles. The van der Waals surface area contributed by atoms with Gasteiger partial charge in [0.05, 0.1) is 7.11 Å². The molecule has 0 aromatic heterocycles. The van der Waals surface area contributed by atoms with Crippen LogP contribution >= 0.6 is 11.6 Å². The second-order valence-electron chi connectivity index (χ2n) is 5.76. The zero-order valence-corrected chi connectivity index (χ0v) is 13.4. The fraction of sp³-hybridized carbons (Fsp3) is 0.647. The summed E-state index contributed by atoms with van der Waals surface area (Å²) in [6.45, 7) is 0. The van der Waals surface area contributed by atoms with Gasteiger partial charge in [-0.25, -0.2) is 0 Å². The molecule has 2 rings (SSSR count). The third kappa shape index (κ3) is 3.89. The van der Waals surface area contributed by atoms with Crippen LogP contribution in [0.15, 0.2) is 18.2 Å². The molecule has 1 fully saturated rings. The zero-order chi connectivity index (χ0) is 14.4. The van der Waals surface area contributed by atoms with Gasteiger partial charge in [-0.2, -0.15) is 0 Å². The fourth-order valence-electron chi connectivity index (χ4n) is 3.41. The number of halogens is 1. The predicted octanol–water partition coefficient (Wildman–Crippen LogP) is 4.97. The summed E-state index contributed by atoms with van der Waals surface area (Å²) < 4.78 is 5.53. The third-order valence-electron chi connectivity index (χ3n) is 4.46. The number of rotatable bonds is 4. The molecule has 1 N–H and O–H groups in total. The van der Waals surface area contributed by atoms with Gasteiger partial charge in [-0.15, -0.1) is 0 Å². The van der Waals surface area contributed by atoms with Crippen molar-refractivity contribution < 1.29 is 4.74 Å². The van der Waals surface area contributed by atoms with Gasteiger partial charge in [-0.1, -0.05) is 43.7 Å². The van der Waals surface area contributed by atoms with Crippen LogP contribution < -0.4 is 10.1 Å². The molecule has 0 saturated heterocycles. The van der Waals surface area contributed by atoms with E-state index in [0.717, 1.165) is 10.8 Å². The smallest absolute Gasteiger partial charge is 0.123 e. The van der Waals surface area contributed by atoms with Crippen molar-refractivity contribution in [2.75, 3.05) is 14.2 Å². The molecule has 1 saturated carbocycles. The molecule has 0 bridgehead atoms. The van der Waals surface area contributed by atoms with Gasteiger partial charge in [0.2, 0.25) is 0 Å². The van der Waals surface area contributed by atoms with Crippen molar-refractivity contribution in [3.05, 3.63) is 28.8 Å². The first kappa shape index (κ1) is 15.7. The lowest BCUT2D eigenvalue weighted by Gasteiger charge is -2.30. The van der Waals surface area contributed by atoms with Crippen molar-refractivity contribution in [3.63, 3.8) is 0 Å². The van der Waals surface area contributed by atoms with E-state index in [1.54, 1.807) is 7.11 Å². The van der Waals surface area contributed by atoms with Gasteiger partial charge in [-0.3, -0.25) is 0 Å². The lowest BCUT2D eigenvalue weighted by molar-refractivity contribution is 0.291. The van der Waals surface area contributed by atoms with Crippen LogP contribution in [0.5, 0.6) is 5.75 Å². The van der Waals surface area contributed by atoms with Gasteiger partial charge >= 0.3 is 0 Å². The topological polar surface area (TPSA) is 21.3 Å². The summed E-state index contributed by atoms with van der Waals surface area (Å²) in [5.74, 6) is 1.61. The molecule has 3 heteroatoms. The molecule has 2 nitrogen and oxygen atoms in total. The van der Waals surface area contributed by atoms with Crippen LogP contribution in [0.3, 0.4) is 0 Å². The summed E-state index contributed by atoms with van der Waals surface area (Å²) in [6, 6.07) is 6.27. The van der Waals surface area contributed by atoms with E-state index >= 15 is 0 Å². The van der Waals surface area contributed by atoms with Crippen LogP contribution in [0, 0.1) is 5.92 Å². The first-order chi connectivity index (χ1) is 9.76.